The average molecular weight is 534 g/mol. The fourth-order valence-corrected chi connectivity index (χ4v) is 6.08. The van der Waals surface area contributed by atoms with E-state index in [4.69, 9.17) is 10.5 Å². The zero-order valence-corrected chi connectivity index (χ0v) is 20.9. The third-order valence-electron chi connectivity index (χ3n) is 7.87. The Kier molecular flexibility index (Phi) is 6.40. The number of phenolic OH excluding ortho intramolecular Hbond substituents is 1. The van der Waals surface area contributed by atoms with Crippen LogP contribution in [0.4, 0.5) is 0 Å². The van der Waals surface area contributed by atoms with E-state index in [1.807, 2.05) is 0 Å². The molecule has 0 heterocycles. The van der Waals surface area contributed by atoms with Crippen LogP contribution in [-0.2, 0) is 19.1 Å². The van der Waals surface area contributed by atoms with Gasteiger partial charge in [0.15, 0.2) is 17.2 Å². The van der Waals surface area contributed by atoms with Gasteiger partial charge < -0.3 is 30.9 Å². The maximum absolute atomic E-state index is 13.9. The zero-order valence-electron chi connectivity index (χ0n) is 20.9. The second kappa shape index (κ2) is 9.48. The van der Waals surface area contributed by atoms with Crippen LogP contribution in [0.5, 0.6) is 5.75 Å². The van der Waals surface area contributed by atoms with Crippen molar-refractivity contribution in [2.24, 2.45) is 23.5 Å². The fraction of sp³-hybridized carbons (Fsp3) is 0.310. The Morgan fingerprint density at radius 3 is 2.44 bits per heavy atom. The molecule has 0 radical (unpaired) electrons. The normalized spacial score (nSPS) is 30.8. The first kappa shape index (κ1) is 26.3. The molecular formula is C29H27NO9. The first-order valence-corrected chi connectivity index (χ1v) is 12.5. The number of carbonyl (C=O) groups excluding carboxylic acids is 4. The number of aliphatic hydroxyl groups is 3. The van der Waals surface area contributed by atoms with Gasteiger partial charge in [0.25, 0.3) is 0 Å². The first-order valence-electron chi connectivity index (χ1n) is 12.5. The number of rotatable bonds is 4. The molecule has 1 saturated carbocycles. The number of hydrogen-bond donors (Lipinski definition) is 5. The Bertz CT molecular complexity index is 1460. The van der Waals surface area contributed by atoms with Crippen LogP contribution in [0.25, 0.3) is 11.6 Å². The highest BCUT2D eigenvalue weighted by molar-refractivity contribution is 6.20. The van der Waals surface area contributed by atoms with Crippen molar-refractivity contribution in [3.8, 4) is 5.75 Å². The van der Waals surface area contributed by atoms with Gasteiger partial charge in [-0.05, 0) is 29.2 Å². The number of Topliss-reactive ketones (excluding diaryl/α,β-unsaturated/α-hetero) is 2. The molecule has 0 aliphatic heterocycles. The Balaban J connectivity index is 1.85. The van der Waals surface area contributed by atoms with Crippen LogP contribution in [0.3, 0.4) is 0 Å². The van der Waals surface area contributed by atoms with E-state index in [1.54, 1.807) is 42.5 Å². The molecule has 2 aromatic rings. The lowest BCUT2D eigenvalue weighted by atomic mass is 9.55. The molecule has 0 spiro atoms. The summed E-state index contributed by atoms with van der Waals surface area (Å²) < 4.78 is 5.77. The van der Waals surface area contributed by atoms with Crippen molar-refractivity contribution in [3.05, 3.63) is 76.6 Å². The zero-order chi connectivity index (χ0) is 28.2. The molecule has 2 aromatic carbocycles. The topological polar surface area (TPSA) is 184 Å². The van der Waals surface area contributed by atoms with Gasteiger partial charge in [0.05, 0.1) is 23.2 Å². The first-order chi connectivity index (χ1) is 18.5. The van der Waals surface area contributed by atoms with Gasteiger partial charge in [-0.15, -0.1) is 0 Å². The van der Waals surface area contributed by atoms with Crippen molar-refractivity contribution in [1.82, 2.24) is 0 Å². The van der Waals surface area contributed by atoms with E-state index in [0.29, 0.717) is 16.7 Å². The van der Waals surface area contributed by atoms with E-state index in [0.717, 1.165) is 0 Å². The van der Waals surface area contributed by atoms with Crippen molar-refractivity contribution in [2.45, 2.75) is 37.6 Å². The van der Waals surface area contributed by atoms with E-state index < -0.39 is 82.5 Å². The molecule has 0 bridgehead atoms. The highest BCUT2D eigenvalue weighted by Gasteiger charge is 2.67. The number of esters is 1. The van der Waals surface area contributed by atoms with Gasteiger partial charge in [-0.25, -0.2) is 0 Å². The summed E-state index contributed by atoms with van der Waals surface area (Å²) in [5.74, 6) is -10.0. The maximum atomic E-state index is 13.9. The van der Waals surface area contributed by atoms with Crippen LogP contribution in [0.1, 0.15) is 41.3 Å². The van der Waals surface area contributed by atoms with Gasteiger partial charge in [-0.3, -0.25) is 19.2 Å². The van der Waals surface area contributed by atoms with Gasteiger partial charge in [-0.2, -0.15) is 0 Å². The molecule has 3 aliphatic carbocycles. The van der Waals surface area contributed by atoms with Crippen molar-refractivity contribution in [3.63, 3.8) is 0 Å². The SMILES string of the molecule is CCC(=O)O[C@@H]1[C@H]2CC(O)C(C(N)=O)C(=O)[C@@]2(O)C(O)=C2C(=O)c3c(O)cccc3/C(=C\c3ccccc3)[C@H]21. The van der Waals surface area contributed by atoms with Crippen LogP contribution in [-0.4, -0.2) is 61.7 Å². The molecule has 202 valence electrons. The van der Waals surface area contributed by atoms with Crippen LogP contribution in [0.2, 0.25) is 0 Å². The number of primary amides is 1. The lowest BCUT2D eigenvalue weighted by Gasteiger charge is -2.52. The second-order valence-corrected chi connectivity index (χ2v) is 10.0. The summed E-state index contributed by atoms with van der Waals surface area (Å²) in [5.41, 5.74) is 3.23. The minimum atomic E-state index is -2.86. The number of fused-ring (bicyclic) bond motifs is 3. The second-order valence-electron chi connectivity index (χ2n) is 10.0. The number of ether oxygens (including phenoxy) is 1. The molecule has 1 fully saturated rings. The largest absolute Gasteiger partial charge is 0.508 e. The summed E-state index contributed by atoms with van der Waals surface area (Å²) in [5, 5.41) is 44.7. The number of amides is 1. The van der Waals surface area contributed by atoms with Gasteiger partial charge in [0.1, 0.15) is 23.5 Å². The van der Waals surface area contributed by atoms with Crippen molar-refractivity contribution in [2.75, 3.05) is 0 Å². The highest BCUT2D eigenvalue weighted by atomic mass is 16.5. The van der Waals surface area contributed by atoms with Crippen LogP contribution < -0.4 is 5.73 Å². The molecule has 1 amide bonds. The number of ketones is 2. The van der Waals surface area contributed by atoms with E-state index in [9.17, 15) is 39.6 Å². The quantitative estimate of drug-likeness (QED) is 0.288. The third kappa shape index (κ3) is 3.86. The predicted molar refractivity (Wildman–Crippen MR) is 137 cm³/mol. The average Bonchev–Trinajstić information content (AvgIpc) is 2.90. The number of carbonyl (C=O) groups is 4. The maximum Gasteiger partial charge on any atom is 0.305 e. The van der Waals surface area contributed by atoms with Gasteiger partial charge in [0, 0.05) is 12.3 Å². The number of phenols is 1. The van der Waals surface area contributed by atoms with E-state index in [-0.39, 0.29) is 12.0 Å². The van der Waals surface area contributed by atoms with Crippen molar-refractivity contribution < 1.29 is 44.3 Å². The number of nitrogens with two attached hydrogens (primary N) is 1. The molecule has 10 heteroatoms. The molecule has 0 saturated heterocycles. The summed E-state index contributed by atoms with van der Waals surface area (Å²) in [6.07, 6.45) is -1.86. The highest BCUT2D eigenvalue weighted by Crippen LogP contribution is 2.56. The molecule has 0 aromatic heterocycles. The number of hydrogen-bond acceptors (Lipinski definition) is 9. The van der Waals surface area contributed by atoms with Crippen LogP contribution >= 0.6 is 0 Å². The Hall–Kier alpha value is -4.28. The lowest BCUT2D eigenvalue weighted by Crippen LogP contribution is -2.67. The Labute approximate surface area is 223 Å². The minimum absolute atomic E-state index is 0.0805. The summed E-state index contributed by atoms with van der Waals surface area (Å²) in [6, 6.07) is 13.4. The molecule has 39 heavy (non-hydrogen) atoms. The minimum Gasteiger partial charge on any atom is -0.508 e. The smallest absolute Gasteiger partial charge is 0.305 e. The van der Waals surface area contributed by atoms with Crippen LogP contribution in [0, 0.1) is 17.8 Å². The van der Waals surface area contributed by atoms with E-state index in [2.05, 4.69) is 0 Å². The summed E-state index contributed by atoms with van der Waals surface area (Å²) in [6.45, 7) is 1.54. The van der Waals surface area contributed by atoms with Crippen molar-refractivity contribution in [1.29, 1.82) is 0 Å². The Morgan fingerprint density at radius 1 is 1.10 bits per heavy atom. The van der Waals surface area contributed by atoms with Crippen LogP contribution in [0.15, 0.2) is 59.9 Å². The summed E-state index contributed by atoms with van der Waals surface area (Å²) in [4.78, 5) is 52.1. The number of aromatic hydroxyl groups is 1. The summed E-state index contributed by atoms with van der Waals surface area (Å²) in [7, 11) is 0. The molecule has 6 N–H and O–H groups in total. The molecule has 10 nitrogen and oxygen atoms in total. The monoisotopic (exact) mass is 533 g/mol. The van der Waals surface area contributed by atoms with Crippen molar-refractivity contribution >= 4 is 35.1 Å². The third-order valence-corrected chi connectivity index (χ3v) is 7.87. The predicted octanol–water partition coefficient (Wildman–Crippen LogP) is 1.68. The standard InChI is InChI=1S/C29H27NO9/c1-2-19(33)39-25-16-12-18(32)22(28(30)37)26(35)29(16,38)27(36)23-21(25)15(11-13-7-4-3-5-8-13)14-9-6-10-17(31)20(14)24(23)34/h3-11,16,18,21-22,25,31-32,36,38H,2,12H2,1H3,(H2,30,37)/b15-11+/t16-,18?,21-,22?,25-,29-/m1/s1. The summed E-state index contributed by atoms with van der Waals surface area (Å²) >= 11 is 0. The molecular weight excluding hydrogens is 506 g/mol. The lowest BCUT2D eigenvalue weighted by molar-refractivity contribution is -0.187. The fourth-order valence-electron chi connectivity index (χ4n) is 6.08. The van der Waals surface area contributed by atoms with Gasteiger partial charge in [0.2, 0.25) is 5.91 Å². The van der Waals surface area contributed by atoms with E-state index in [1.165, 1.54) is 19.1 Å². The Morgan fingerprint density at radius 2 is 1.79 bits per heavy atom. The van der Waals surface area contributed by atoms with Gasteiger partial charge in [-0.1, -0.05) is 55.5 Å². The number of benzene rings is 2. The molecule has 6 atom stereocenters. The van der Waals surface area contributed by atoms with E-state index >= 15 is 0 Å². The molecule has 2 unspecified atom stereocenters. The molecule has 5 rings (SSSR count). The van der Waals surface area contributed by atoms with Gasteiger partial charge >= 0.3 is 5.97 Å². The molecule has 3 aliphatic rings. The number of aliphatic hydroxyl groups excluding tert-OH is 2.